The van der Waals surface area contributed by atoms with Gasteiger partial charge in [0.25, 0.3) is 0 Å². The van der Waals surface area contributed by atoms with Gasteiger partial charge in [-0.15, -0.1) is 0 Å². The monoisotopic (exact) mass is 315 g/mol. The molecule has 1 atom stereocenters. The third-order valence-electron chi connectivity index (χ3n) is 4.91. The van der Waals surface area contributed by atoms with Gasteiger partial charge < -0.3 is 15.1 Å². The van der Waals surface area contributed by atoms with Gasteiger partial charge in [0.2, 0.25) is 11.8 Å². The van der Waals surface area contributed by atoms with Crippen molar-refractivity contribution in [1.82, 2.24) is 15.1 Å². The number of benzene rings is 1. The summed E-state index contributed by atoms with van der Waals surface area (Å²) in [5.41, 5.74) is 2.24. The van der Waals surface area contributed by atoms with E-state index in [4.69, 9.17) is 0 Å². The highest BCUT2D eigenvalue weighted by molar-refractivity contribution is 5.83. The molecule has 1 unspecified atom stereocenters. The van der Waals surface area contributed by atoms with Crippen LogP contribution in [0.15, 0.2) is 24.3 Å². The van der Waals surface area contributed by atoms with Crippen LogP contribution in [-0.4, -0.2) is 60.4 Å². The Bertz CT molecular complexity index is 573. The molecule has 5 heteroatoms. The van der Waals surface area contributed by atoms with Crippen molar-refractivity contribution < 1.29 is 9.59 Å². The molecule has 23 heavy (non-hydrogen) atoms. The van der Waals surface area contributed by atoms with Crippen LogP contribution in [-0.2, 0) is 16.0 Å². The fraction of sp³-hybridized carbons (Fsp3) is 0.556. The van der Waals surface area contributed by atoms with Gasteiger partial charge >= 0.3 is 0 Å². The Morgan fingerprint density at radius 1 is 1.13 bits per heavy atom. The van der Waals surface area contributed by atoms with E-state index in [0.29, 0.717) is 32.6 Å². The molecule has 0 radical (unpaired) electrons. The highest BCUT2D eigenvalue weighted by Crippen LogP contribution is 2.13. The van der Waals surface area contributed by atoms with Crippen LogP contribution in [0.5, 0.6) is 0 Å². The minimum atomic E-state index is -0.00998. The van der Waals surface area contributed by atoms with Crippen molar-refractivity contribution in [1.29, 1.82) is 0 Å². The summed E-state index contributed by atoms with van der Waals surface area (Å²) in [4.78, 5) is 28.6. The number of rotatable bonds is 3. The van der Waals surface area contributed by atoms with Crippen molar-refractivity contribution in [2.75, 3.05) is 32.7 Å². The maximum absolute atomic E-state index is 12.5. The molecule has 0 bridgehead atoms. The molecule has 2 aliphatic rings. The van der Waals surface area contributed by atoms with Crippen LogP contribution in [0.4, 0.5) is 0 Å². The Balaban J connectivity index is 1.51. The van der Waals surface area contributed by atoms with Gasteiger partial charge in [-0.1, -0.05) is 24.3 Å². The molecule has 5 nitrogen and oxygen atoms in total. The summed E-state index contributed by atoms with van der Waals surface area (Å²) < 4.78 is 0. The molecule has 0 aliphatic carbocycles. The Hall–Kier alpha value is -1.88. The Morgan fingerprint density at radius 3 is 2.48 bits per heavy atom. The average Bonchev–Trinajstić information content (AvgIpc) is 3.11. The molecule has 2 amide bonds. The summed E-state index contributed by atoms with van der Waals surface area (Å²) >= 11 is 0. The number of nitrogens with one attached hydrogen (secondary N) is 1. The van der Waals surface area contributed by atoms with Gasteiger partial charge in [-0.05, 0) is 37.4 Å². The zero-order valence-corrected chi connectivity index (χ0v) is 13.8. The molecule has 2 fully saturated rings. The first-order chi connectivity index (χ1) is 11.1. The minimum Gasteiger partial charge on any atom is -0.339 e. The molecule has 0 aromatic heterocycles. The number of nitrogens with zero attached hydrogens (tertiary/aromatic N) is 2. The van der Waals surface area contributed by atoms with Crippen LogP contribution in [0.1, 0.15) is 24.0 Å². The van der Waals surface area contributed by atoms with Crippen LogP contribution in [0.3, 0.4) is 0 Å². The lowest BCUT2D eigenvalue weighted by Gasteiger charge is -2.36. The Labute approximate surface area is 137 Å². The van der Waals surface area contributed by atoms with E-state index in [1.54, 1.807) is 0 Å². The van der Waals surface area contributed by atoms with E-state index in [1.165, 1.54) is 0 Å². The maximum atomic E-state index is 12.5. The van der Waals surface area contributed by atoms with Crippen molar-refractivity contribution in [3.05, 3.63) is 35.4 Å². The van der Waals surface area contributed by atoms with E-state index in [9.17, 15) is 9.59 Å². The molecule has 1 N–H and O–H groups in total. The third-order valence-corrected chi connectivity index (χ3v) is 4.91. The van der Waals surface area contributed by atoms with Gasteiger partial charge in [0.15, 0.2) is 0 Å². The van der Waals surface area contributed by atoms with Crippen molar-refractivity contribution in [2.45, 2.75) is 32.2 Å². The fourth-order valence-corrected chi connectivity index (χ4v) is 3.38. The van der Waals surface area contributed by atoms with Gasteiger partial charge in [0.05, 0.1) is 12.5 Å². The zero-order chi connectivity index (χ0) is 16.2. The molecular weight excluding hydrogens is 290 g/mol. The summed E-state index contributed by atoms with van der Waals surface area (Å²) in [6.07, 6.45) is 2.46. The molecule has 0 spiro atoms. The van der Waals surface area contributed by atoms with Crippen LogP contribution in [0, 0.1) is 6.92 Å². The summed E-state index contributed by atoms with van der Waals surface area (Å²) in [6, 6.07) is 8.00. The molecular formula is C18H25N3O2. The first-order valence-electron chi connectivity index (χ1n) is 8.49. The topological polar surface area (TPSA) is 52.7 Å². The standard InChI is InChI=1S/C18H25N3O2/c1-14-5-2-3-6-15(14)13-17(22)20-9-11-21(12-10-20)18(23)16-7-4-8-19-16/h2-3,5-6,16,19H,4,7-13H2,1H3. The second-order valence-electron chi connectivity index (χ2n) is 6.46. The Kier molecular flexibility index (Phi) is 4.96. The van der Waals surface area contributed by atoms with Crippen LogP contribution in [0.2, 0.25) is 0 Å². The number of piperazine rings is 1. The highest BCUT2D eigenvalue weighted by atomic mass is 16.2. The number of hydrogen-bond acceptors (Lipinski definition) is 3. The fourth-order valence-electron chi connectivity index (χ4n) is 3.38. The lowest BCUT2D eigenvalue weighted by molar-refractivity contribution is -0.140. The zero-order valence-electron chi connectivity index (χ0n) is 13.8. The maximum Gasteiger partial charge on any atom is 0.239 e. The third kappa shape index (κ3) is 3.72. The largest absolute Gasteiger partial charge is 0.339 e. The van der Waals surface area contributed by atoms with Gasteiger partial charge in [-0.3, -0.25) is 9.59 Å². The molecule has 0 saturated carbocycles. The van der Waals surface area contributed by atoms with Crippen LogP contribution < -0.4 is 5.32 Å². The van der Waals surface area contributed by atoms with E-state index in [2.05, 4.69) is 5.32 Å². The summed E-state index contributed by atoms with van der Waals surface area (Å²) in [7, 11) is 0. The molecule has 2 aliphatic heterocycles. The van der Waals surface area contributed by atoms with Gasteiger partial charge in [-0.25, -0.2) is 0 Å². The second-order valence-corrected chi connectivity index (χ2v) is 6.46. The van der Waals surface area contributed by atoms with Gasteiger partial charge in [-0.2, -0.15) is 0 Å². The number of hydrogen-bond donors (Lipinski definition) is 1. The van der Waals surface area contributed by atoms with Crippen molar-refractivity contribution >= 4 is 11.8 Å². The number of carbonyl (C=O) groups is 2. The van der Waals surface area contributed by atoms with E-state index in [1.807, 2.05) is 41.0 Å². The predicted octanol–water partition coefficient (Wildman–Crippen LogP) is 0.960. The van der Waals surface area contributed by atoms with Gasteiger partial charge in [0, 0.05) is 26.2 Å². The number of amides is 2. The Morgan fingerprint density at radius 2 is 1.83 bits per heavy atom. The van der Waals surface area contributed by atoms with E-state index in [-0.39, 0.29) is 17.9 Å². The molecule has 124 valence electrons. The van der Waals surface area contributed by atoms with E-state index in [0.717, 1.165) is 30.5 Å². The second kappa shape index (κ2) is 7.13. The predicted molar refractivity (Wildman–Crippen MR) is 89.1 cm³/mol. The number of aryl methyl sites for hydroxylation is 1. The van der Waals surface area contributed by atoms with Crippen LogP contribution >= 0.6 is 0 Å². The SMILES string of the molecule is Cc1ccccc1CC(=O)N1CCN(C(=O)C2CCCN2)CC1. The van der Waals surface area contributed by atoms with E-state index < -0.39 is 0 Å². The normalized spacial score (nSPS) is 21.5. The van der Waals surface area contributed by atoms with Crippen molar-refractivity contribution in [2.24, 2.45) is 0 Å². The minimum absolute atomic E-state index is 0.00998. The smallest absolute Gasteiger partial charge is 0.239 e. The summed E-state index contributed by atoms with van der Waals surface area (Å²) in [6.45, 7) is 5.55. The van der Waals surface area contributed by atoms with E-state index >= 15 is 0 Å². The first-order valence-corrected chi connectivity index (χ1v) is 8.49. The molecule has 1 aromatic rings. The van der Waals surface area contributed by atoms with Crippen molar-refractivity contribution in [3.63, 3.8) is 0 Å². The number of carbonyl (C=O) groups excluding carboxylic acids is 2. The highest BCUT2D eigenvalue weighted by Gasteiger charge is 2.30. The lowest BCUT2D eigenvalue weighted by atomic mass is 10.1. The molecule has 1 aromatic carbocycles. The van der Waals surface area contributed by atoms with Crippen molar-refractivity contribution in [3.8, 4) is 0 Å². The first kappa shape index (κ1) is 16.0. The summed E-state index contributed by atoms with van der Waals surface area (Å²) in [5, 5.41) is 3.25. The quantitative estimate of drug-likeness (QED) is 0.904. The lowest BCUT2D eigenvalue weighted by Crippen LogP contribution is -2.54. The molecule has 2 heterocycles. The molecule has 2 saturated heterocycles. The van der Waals surface area contributed by atoms with Crippen LogP contribution in [0.25, 0.3) is 0 Å². The average molecular weight is 315 g/mol. The summed E-state index contributed by atoms with van der Waals surface area (Å²) in [5.74, 6) is 0.360. The molecule has 3 rings (SSSR count). The van der Waals surface area contributed by atoms with Gasteiger partial charge in [0.1, 0.15) is 0 Å².